The Labute approximate surface area is 137 Å². The normalized spacial score (nSPS) is 11.2. The highest BCUT2D eigenvalue weighted by atomic mass is 35.5. The molecule has 2 heterocycles. The fourth-order valence-electron chi connectivity index (χ4n) is 2.27. The Hall–Kier alpha value is -1.99. The Balaban J connectivity index is 2.20. The molecule has 0 aliphatic carbocycles. The second-order valence-electron chi connectivity index (χ2n) is 4.86. The number of hydrogen-bond donors (Lipinski definition) is 2. The number of halogens is 1. The van der Waals surface area contributed by atoms with Gasteiger partial charge >= 0.3 is 5.69 Å². The molecule has 0 aliphatic heterocycles. The highest BCUT2D eigenvalue weighted by Crippen LogP contribution is 2.19. The van der Waals surface area contributed by atoms with Gasteiger partial charge in [-0.25, -0.2) is 18.7 Å². The molecule has 0 saturated heterocycles. The number of aryl methyl sites for hydroxylation is 1. The summed E-state index contributed by atoms with van der Waals surface area (Å²) in [6.45, 7) is 2.29. The number of rotatable bonds is 3. The van der Waals surface area contributed by atoms with E-state index in [0.717, 1.165) is 5.56 Å². The first kappa shape index (κ1) is 14.9. The van der Waals surface area contributed by atoms with Crippen molar-refractivity contribution in [2.45, 2.75) is 19.9 Å². The van der Waals surface area contributed by atoms with Crippen LogP contribution in [0, 0.1) is 0 Å². The number of aromatic nitrogens is 4. The topological polar surface area (TPSA) is 78.7 Å². The van der Waals surface area contributed by atoms with Crippen molar-refractivity contribution in [3.63, 3.8) is 0 Å². The van der Waals surface area contributed by atoms with Gasteiger partial charge in [-0.15, -0.1) is 0 Å². The molecule has 0 unspecified atom stereocenters. The number of benzene rings is 1. The van der Waals surface area contributed by atoms with Crippen LogP contribution >= 0.6 is 24.4 Å². The van der Waals surface area contributed by atoms with Gasteiger partial charge < -0.3 is 5.73 Å². The van der Waals surface area contributed by atoms with Crippen LogP contribution in [0.25, 0.3) is 11.2 Å². The van der Waals surface area contributed by atoms with Gasteiger partial charge in [-0.2, -0.15) is 0 Å². The number of thiol groups is 1. The van der Waals surface area contributed by atoms with Crippen molar-refractivity contribution in [1.82, 2.24) is 18.5 Å². The first-order valence-electron chi connectivity index (χ1n) is 6.72. The van der Waals surface area contributed by atoms with Crippen molar-refractivity contribution in [3.05, 3.63) is 51.2 Å². The van der Waals surface area contributed by atoms with E-state index in [1.807, 2.05) is 19.1 Å². The first-order chi connectivity index (χ1) is 10.5. The monoisotopic (exact) mass is 335 g/mol. The second-order valence-corrected chi connectivity index (χ2v) is 5.69. The molecule has 0 amide bonds. The van der Waals surface area contributed by atoms with E-state index in [2.05, 4.69) is 22.8 Å². The van der Waals surface area contributed by atoms with Crippen molar-refractivity contribution in [2.24, 2.45) is 0 Å². The van der Waals surface area contributed by atoms with Crippen molar-refractivity contribution >= 4 is 41.4 Å². The number of nitrogen functional groups attached to an aromatic ring is 1. The summed E-state index contributed by atoms with van der Waals surface area (Å²) in [7, 11) is 0. The Morgan fingerprint density at radius 1 is 1.27 bits per heavy atom. The fourth-order valence-corrected chi connectivity index (χ4v) is 2.70. The summed E-state index contributed by atoms with van der Waals surface area (Å²) >= 11 is 10.1. The summed E-state index contributed by atoms with van der Waals surface area (Å²) in [4.78, 5) is 21.0. The summed E-state index contributed by atoms with van der Waals surface area (Å²) < 4.78 is 2.71. The number of anilines is 1. The van der Waals surface area contributed by atoms with E-state index in [9.17, 15) is 4.79 Å². The summed E-state index contributed by atoms with van der Waals surface area (Å²) in [5.41, 5.74) is 7.48. The third kappa shape index (κ3) is 2.46. The molecule has 0 spiro atoms. The Bertz CT molecular complexity index is 900. The minimum atomic E-state index is -0.303. The lowest BCUT2D eigenvalue weighted by molar-refractivity contribution is 0.768. The van der Waals surface area contributed by atoms with Crippen LogP contribution in [0.15, 0.2) is 29.1 Å². The predicted molar refractivity (Wildman–Crippen MR) is 90.5 cm³/mol. The minimum absolute atomic E-state index is 0.254. The van der Waals surface area contributed by atoms with Gasteiger partial charge in [-0.1, -0.05) is 43.5 Å². The van der Waals surface area contributed by atoms with Crippen LogP contribution in [0.3, 0.4) is 0 Å². The smallest absolute Gasteiger partial charge is 0.340 e. The van der Waals surface area contributed by atoms with Crippen molar-refractivity contribution in [1.29, 1.82) is 0 Å². The largest absolute Gasteiger partial charge is 0.382 e. The van der Waals surface area contributed by atoms with E-state index in [-0.39, 0.29) is 11.5 Å². The van der Waals surface area contributed by atoms with Crippen LogP contribution in [0.1, 0.15) is 18.3 Å². The lowest BCUT2D eigenvalue weighted by Crippen LogP contribution is -2.21. The van der Waals surface area contributed by atoms with Crippen molar-refractivity contribution in [2.75, 3.05) is 5.73 Å². The lowest BCUT2D eigenvalue weighted by Gasteiger charge is -2.05. The molecular formula is C14H14ClN5OS. The summed E-state index contributed by atoms with van der Waals surface area (Å²) in [6, 6.07) is 7.29. The molecule has 0 saturated carbocycles. The zero-order chi connectivity index (χ0) is 15.9. The molecule has 0 atom stereocenters. The van der Waals surface area contributed by atoms with E-state index < -0.39 is 0 Å². The molecule has 0 radical (unpaired) electrons. The number of nitrogens with two attached hydrogens (primary N) is 1. The third-order valence-electron chi connectivity index (χ3n) is 3.39. The molecular weight excluding hydrogens is 322 g/mol. The van der Waals surface area contributed by atoms with Gasteiger partial charge in [0.05, 0.1) is 6.54 Å². The first-order valence-corrected chi connectivity index (χ1v) is 7.50. The van der Waals surface area contributed by atoms with E-state index >= 15 is 0 Å². The Morgan fingerprint density at radius 3 is 2.59 bits per heavy atom. The molecule has 6 nitrogen and oxygen atoms in total. The van der Waals surface area contributed by atoms with Gasteiger partial charge in [0.25, 0.3) is 0 Å². The minimum Gasteiger partial charge on any atom is -0.382 e. The molecule has 0 bridgehead atoms. The van der Waals surface area contributed by atoms with Crippen LogP contribution in [0.2, 0.25) is 5.02 Å². The highest BCUT2D eigenvalue weighted by Gasteiger charge is 2.17. The lowest BCUT2D eigenvalue weighted by atomic mass is 10.2. The van der Waals surface area contributed by atoms with Gasteiger partial charge in [0.15, 0.2) is 11.5 Å². The maximum Gasteiger partial charge on any atom is 0.340 e. The average molecular weight is 336 g/mol. The van der Waals surface area contributed by atoms with E-state index in [1.165, 1.54) is 8.54 Å². The van der Waals surface area contributed by atoms with Gasteiger partial charge in [-0.05, 0) is 17.7 Å². The van der Waals surface area contributed by atoms with Gasteiger partial charge in [-0.3, -0.25) is 4.57 Å². The second kappa shape index (κ2) is 5.66. The molecule has 114 valence electrons. The van der Waals surface area contributed by atoms with Crippen LogP contribution in [-0.4, -0.2) is 18.5 Å². The molecule has 3 rings (SSSR count). The molecule has 2 N–H and O–H groups in total. The molecule has 3 aromatic rings. The SMILES string of the molecule is CCc1nc(N)c2c(n1)n(Cc1ccc(Cl)cc1)c(=O)n2S. The molecule has 22 heavy (non-hydrogen) atoms. The van der Waals surface area contributed by atoms with E-state index in [0.29, 0.717) is 35.0 Å². The molecule has 8 heteroatoms. The standard InChI is InChI=1S/C14H14ClN5OS/c1-2-10-17-12(16)11-13(18-10)19(14(21)20(11)22)7-8-3-5-9(15)6-4-8/h3-6,22H,2,7H2,1H3,(H2,16,17,18). The van der Waals surface area contributed by atoms with Gasteiger partial charge in [0, 0.05) is 11.4 Å². The summed E-state index contributed by atoms with van der Waals surface area (Å²) in [5, 5.41) is 0.646. The van der Waals surface area contributed by atoms with Crippen molar-refractivity contribution in [3.8, 4) is 0 Å². The molecule has 1 aromatic carbocycles. The van der Waals surface area contributed by atoms with Crippen LogP contribution in [0.4, 0.5) is 5.82 Å². The number of nitrogens with zero attached hydrogens (tertiary/aromatic N) is 4. The van der Waals surface area contributed by atoms with Crippen LogP contribution < -0.4 is 11.4 Å². The van der Waals surface area contributed by atoms with Gasteiger partial charge in [0.2, 0.25) is 0 Å². The predicted octanol–water partition coefficient (Wildman–Crippen LogP) is 2.13. The third-order valence-corrected chi connectivity index (χ3v) is 4.01. The number of hydrogen-bond acceptors (Lipinski definition) is 5. The summed E-state index contributed by atoms with van der Waals surface area (Å²) in [6.07, 6.45) is 0.632. The summed E-state index contributed by atoms with van der Waals surface area (Å²) in [5.74, 6) is 0.845. The number of fused-ring (bicyclic) bond motifs is 1. The highest BCUT2D eigenvalue weighted by molar-refractivity contribution is 7.78. The fraction of sp³-hybridized carbons (Fsp3) is 0.214. The Morgan fingerprint density at radius 2 is 1.95 bits per heavy atom. The van der Waals surface area contributed by atoms with Crippen molar-refractivity contribution < 1.29 is 0 Å². The molecule has 0 aliphatic rings. The zero-order valence-electron chi connectivity index (χ0n) is 11.8. The average Bonchev–Trinajstić information content (AvgIpc) is 2.74. The van der Waals surface area contributed by atoms with E-state index in [4.69, 9.17) is 17.3 Å². The van der Waals surface area contributed by atoms with Gasteiger partial charge in [0.1, 0.15) is 11.3 Å². The van der Waals surface area contributed by atoms with Crippen LogP contribution in [0.5, 0.6) is 0 Å². The Kier molecular flexibility index (Phi) is 3.84. The zero-order valence-corrected chi connectivity index (χ0v) is 13.5. The number of imidazole rings is 1. The maximum atomic E-state index is 12.4. The van der Waals surface area contributed by atoms with Crippen LogP contribution in [-0.2, 0) is 13.0 Å². The quantitative estimate of drug-likeness (QED) is 0.719. The molecule has 0 fully saturated rings. The maximum absolute atomic E-state index is 12.4. The molecule has 2 aromatic heterocycles. The van der Waals surface area contributed by atoms with E-state index in [1.54, 1.807) is 12.1 Å².